The van der Waals surface area contributed by atoms with E-state index < -0.39 is 0 Å². The first-order valence-corrected chi connectivity index (χ1v) is 7.48. The molecule has 1 aromatic heterocycles. The van der Waals surface area contributed by atoms with Gasteiger partial charge in [0, 0.05) is 11.9 Å². The van der Waals surface area contributed by atoms with Crippen LogP contribution in [0.1, 0.15) is 12.0 Å². The van der Waals surface area contributed by atoms with E-state index in [1.165, 1.54) is 11.1 Å². The Kier molecular flexibility index (Phi) is 3.16. The lowest BCUT2D eigenvalue weighted by Gasteiger charge is -2.16. The highest BCUT2D eigenvalue weighted by Crippen LogP contribution is 2.33. The smallest absolute Gasteiger partial charge is 0.116 e. The molecule has 2 heterocycles. The summed E-state index contributed by atoms with van der Waals surface area (Å²) in [5.74, 6) is 0.282. The molecule has 0 radical (unpaired) electrons. The second kappa shape index (κ2) is 5.31. The molecule has 0 unspecified atom stereocenters. The number of hydrogen-bond acceptors (Lipinski definition) is 3. The van der Waals surface area contributed by atoms with Crippen molar-refractivity contribution < 1.29 is 5.11 Å². The summed E-state index contributed by atoms with van der Waals surface area (Å²) in [5.41, 5.74) is 5.70. The Morgan fingerprint density at radius 1 is 1.09 bits per heavy atom. The maximum atomic E-state index is 9.73. The van der Waals surface area contributed by atoms with E-state index in [0.29, 0.717) is 0 Å². The van der Waals surface area contributed by atoms with Gasteiger partial charge >= 0.3 is 0 Å². The van der Waals surface area contributed by atoms with Crippen molar-refractivity contribution in [2.45, 2.75) is 6.42 Å². The molecule has 3 N–H and O–H groups in total. The lowest BCUT2D eigenvalue weighted by molar-refractivity contribution is 0.475. The maximum absolute atomic E-state index is 9.73. The van der Waals surface area contributed by atoms with E-state index in [9.17, 15) is 5.11 Å². The fraction of sp³-hybridized carbons (Fsp3) is 0.167. The zero-order chi connectivity index (χ0) is 14.9. The molecule has 0 spiro atoms. The van der Waals surface area contributed by atoms with Gasteiger partial charge in [0.1, 0.15) is 5.75 Å². The van der Waals surface area contributed by atoms with Crippen molar-refractivity contribution in [1.82, 2.24) is 15.5 Å². The van der Waals surface area contributed by atoms with Crippen LogP contribution >= 0.6 is 0 Å². The van der Waals surface area contributed by atoms with Crippen LogP contribution in [0.3, 0.4) is 0 Å². The van der Waals surface area contributed by atoms with E-state index in [4.69, 9.17) is 0 Å². The molecule has 4 nitrogen and oxygen atoms in total. The predicted octanol–water partition coefficient (Wildman–Crippen LogP) is 3.31. The molecule has 0 aliphatic carbocycles. The average molecular weight is 291 g/mol. The average Bonchev–Trinajstić information content (AvgIpc) is 3.03. The van der Waals surface area contributed by atoms with Gasteiger partial charge in [-0.3, -0.25) is 5.10 Å². The summed E-state index contributed by atoms with van der Waals surface area (Å²) in [6.07, 6.45) is 5.15. The fourth-order valence-corrected chi connectivity index (χ4v) is 3.04. The number of hydrogen-bond donors (Lipinski definition) is 3. The summed E-state index contributed by atoms with van der Waals surface area (Å²) in [5, 5.41) is 21.5. The van der Waals surface area contributed by atoms with Crippen molar-refractivity contribution in [3.8, 4) is 16.9 Å². The monoisotopic (exact) mass is 291 g/mol. The first-order valence-electron chi connectivity index (χ1n) is 7.48. The highest BCUT2D eigenvalue weighted by atomic mass is 16.3. The van der Waals surface area contributed by atoms with Crippen molar-refractivity contribution in [2.24, 2.45) is 0 Å². The molecule has 1 aliphatic heterocycles. The minimum absolute atomic E-state index is 0.282. The Hall–Kier alpha value is -2.59. The molecule has 22 heavy (non-hydrogen) atoms. The lowest BCUT2D eigenvalue weighted by Crippen LogP contribution is -2.20. The summed E-state index contributed by atoms with van der Waals surface area (Å²) < 4.78 is 0. The van der Waals surface area contributed by atoms with Gasteiger partial charge in [-0.05, 0) is 59.5 Å². The number of nitrogens with one attached hydrogen (secondary N) is 2. The molecule has 4 rings (SSSR count). The molecule has 0 amide bonds. The van der Waals surface area contributed by atoms with Crippen LogP contribution in [0.2, 0.25) is 0 Å². The minimum Gasteiger partial charge on any atom is -0.508 e. The van der Waals surface area contributed by atoms with Gasteiger partial charge in [0.2, 0.25) is 0 Å². The molecular weight excluding hydrogens is 274 g/mol. The summed E-state index contributed by atoms with van der Waals surface area (Å²) in [6, 6.07) is 11.6. The topological polar surface area (TPSA) is 60.9 Å². The Morgan fingerprint density at radius 2 is 2.05 bits per heavy atom. The molecule has 110 valence electrons. The lowest BCUT2D eigenvalue weighted by atomic mass is 9.93. The second-order valence-electron chi connectivity index (χ2n) is 5.59. The Labute approximate surface area is 128 Å². The molecular formula is C18H17N3O. The zero-order valence-corrected chi connectivity index (χ0v) is 12.1. The first-order chi connectivity index (χ1) is 10.8. The standard InChI is InChI=1S/C18H17N3O/c22-15-3-1-2-13(8-15)14-9-16(12-4-6-19-7-5-12)17-11-20-21-18(17)10-14/h1-4,8-11,19,22H,5-7H2,(H,20,21). The first kappa shape index (κ1) is 13.1. The molecule has 4 heteroatoms. The number of benzene rings is 2. The summed E-state index contributed by atoms with van der Waals surface area (Å²) >= 11 is 0. The molecule has 1 aliphatic rings. The van der Waals surface area contributed by atoms with Gasteiger partial charge < -0.3 is 10.4 Å². The van der Waals surface area contributed by atoms with Gasteiger partial charge in [-0.1, -0.05) is 18.2 Å². The minimum atomic E-state index is 0.282. The molecule has 0 atom stereocenters. The van der Waals surface area contributed by atoms with Gasteiger partial charge in [-0.15, -0.1) is 0 Å². The molecule has 0 fully saturated rings. The molecule has 2 aromatic carbocycles. The molecule has 3 aromatic rings. The maximum Gasteiger partial charge on any atom is 0.116 e. The van der Waals surface area contributed by atoms with Crippen LogP contribution in [0.25, 0.3) is 27.6 Å². The van der Waals surface area contributed by atoms with E-state index in [-0.39, 0.29) is 5.75 Å². The number of phenols is 1. The van der Waals surface area contributed by atoms with Crippen molar-refractivity contribution in [3.05, 3.63) is 54.2 Å². The second-order valence-corrected chi connectivity index (χ2v) is 5.59. The Balaban J connectivity index is 1.92. The van der Waals surface area contributed by atoms with E-state index in [2.05, 4.69) is 33.7 Å². The number of fused-ring (bicyclic) bond motifs is 1. The third-order valence-electron chi connectivity index (χ3n) is 4.15. The van der Waals surface area contributed by atoms with E-state index in [1.807, 2.05) is 18.3 Å². The molecule has 0 bridgehead atoms. The van der Waals surface area contributed by atoms with Gasteiger partial charge in [0.05, 0.1) is 11.7 Å². The molecule has 0 saturated carbocycles. The third-order valence-corrected chi connectivity index (χ3v) is 4.15. The van der Waals surface area contributed by atoms with E-state index in [1.54, 1.807) is 12.1 Å². The Bertz CT molecular complexity index is 864. The number of aromatic amines is 1. The Morgan fingerprint density at radius 3 is 2.86 bits per heavy atom. The summed E-state index contributed by atoms with van der Waals surface area (Å²) in [7, 11) is 0. The van der Waals surface area contributed by atoms with Crippen LogP contribution in [0.5, 0.6) is 5.75 Å². The summed E-state index contributed by atoms with van der Waals surface area (Å²) in [6.45, 7) is 1.91. The number of aromatic nitrogens is 2. The highest BCUT2D eigenvalue weighted by Gasteiger charge is 2.13. The van der Waals surface area contributed by atoms with Gasteiger partial charge in [-0.2, -0.15) is 5.10 Å². The molecule has 0 saturated heterocycles. The van der Waals surface area contributed by atoms with Crippen LogP contribution in [-0.4, -0.2) is 28.4 Å². The normalized spacial score (nSPS) is 15.0. The summed E-state index contributed by atoms with van der Waals surface area (Å²) in [4.78, 5) is 0. The largest absolute Gasteiger partial charge is 0.508 e. The number of aromatic hydroxyl groups is 1. The quantitative estimate of drug-likeness (QED) is 0.679. The van der Waals surface area contributed by atoms with Gasteiger partial charge in [0.15, 0.2) is 0 Å². The van der Waals surface area contributed by atoms with Crippen LogP contribution in [-0.2, 0) is 0 Å². The highest BCUT2D eigenvalue weighted by molar-refractivity contribution is 5.95. The van der Waals surface area contributed by atoms with Crippen LogP contribution in [0.15, 0.2) is 48.7 Å². The van der Waals surface area contributed by atoms with E-state index in [0.717, 1.165) is 41.5 Å². The van der Waals surface area contributed by atoms with Crippen LogP contribution < -0.4 is 5.32 Å². The zero-order valence-electron chi connectivity index (χ0n) is 12.1. The SMILES string of the molecule is Oc1cccc(-c2cc(C3=CCNCC3)c3cn[nH]c3c2)c1. The van der Waals surface area contributed by atoms with Crippen molar-refractivity contribution in [3.63, 3.8) is 0 Å². The number of rotatable bonds is 2. The van der Waals surface area contributed by atoms with Gasteiger partial charge in [0.25, 0.3) is 0 Å². The van der Waals surface area contributed by atoms with Crippen molar-refractivity contribution in [2.75, 3.05) is 13.1 Å². The van der Waals surface area contributed by atoms with E-state index >= 15 is 0 Å². The predicted molar refractivity (Wildman–Crippen MR) is 88.7 cm³/mol. The van der Waals surface area contributed by atoms with Crippen molar-refractivity contribution >= 4 is 16.5 Å². The fourth-order valence-electron chi connectivity index (χ4n) is 3.04. The van der Waals surface area contributed by atoms with Gasteiger partial charge in [-0.25, -0.2) is 0 Å². The third kappa shape index (κ3) is 2.27. The number of nitrogens with zero attached hydrogens (tertiary/aromatic N) is 1. The van der Waals surface area contributed by atoms with Crippen molar-refractivity contribution in [1.29, 1.82) is 0 Å². The number of H-pyrrole nitrogens is 1. The number of phenolic OH excluding ortho intramolecular Hbond substituents is 1. The van der Waals surface area contributed by atoms with Crippen LogP contribution in [0.4, 0.5) is 0 Å². The van der Waals surface area contributed by atoms with Crippen LogP contribution in [0, 0.1) is 0 Å².